The molecule has 0 bridgehead atoms. The van der Waals surface area contributed by atoms with Gasteiger partial charge in [-0.3, -0.25) is 19.3 Å². The normalized spacial score (nSPS) is 14.0. The van der Waals surface area contributed by atoms with Gasteiger partial charge < -0.3 is 14.8 Å². The Labute approximate surface area is 260 Å². The van der Waals surface area contributed by atoms with Crippen LogP contribution in [0.25, 0.3) is 6.08 Å². The lowest BCUT2D eigenvalue weighted by atomic mass is 10.2. The summed E-state index contributed by atoms with van der Waals surface area (Å²) in [5.74, 6) is -1.74. The molecule has 1 fully saturated rings. The van der Waals surface area contributed by atoms with Crippen molar-refractivity contribution in [3.8, 4) is 5.75 Å². The van der Waals surface area contributed by atoms with E-state index in [0.717, 1.165) is 10.5 Å². The van der Waals surface area contributed by atoms with Gasteiger partial charge in [0.15, 0.2) is 0 Å². The van der Waals surface area contributed by atoms with Crippen molar-refractivity contribution in [2.45, 2.75) is 13.5 Å². The molecular formula is C28H20Br2ClFN2O6S. The largest absolute Gasteiger partial charge is 0.487 e. The van der Waals surface area contributed by atoms with E-state index in [9.17, 15) is 23.6 Å². The van der Waals surface area contributed by atoms with Crippen molar-refractivity contribution in [1.29, 1.82) is 0 Å². The quantitative estimate of drug-likeness (QED) is 0.181. The van der Waals surface area contributed by atoms with Gasteiger partial charge >= 0.3 is 5.97 Å². The van der Waals surface area contributed by atoms with E-state index in [1.165, 1.54) is 36.4 Å². The first-order valence-corrected chi connectivity index (χ1v) is 14.7. The summed E-state index contributed by atoms with van der Waals surface area (Å²) in [5.41, 5.74) is 1.70. The molecule has 0 aliphatic carbocycles. The monoisotopic (exact) mass is 724 g/mol. The Balaban J connectivity index is 1.42. The van der Waals surface area contributed by atoms with E-state index in [4.69, 9.17) is 21.1 Å². The molecule has 0 unspecified atom stereocenters. The smallest absolute Gasteiger partial charge is 0.339 e. The SMILES string of the molecule is CCOC(=O)c1cc(NC(=O)CN2C(=O)S/C(=C/c3cc(Br)c(OCc4ccc(F)cc4)c(Br)c3)C2=O)ccc1Cl. The van der Waals surface area contributed by atoms with E-state index in [-0.39, 0.29) is 40.2 Å². The number of anilines is 1. The second kappa shape index (κ2) is 13.6. The van der Waals surface area contributed by atoms with Crippen LogP contribution in [0, 0.1) is 5.82 Å². The van der Waals surface area contributed by atoms with Crippen molar-refractivity contribution in [3.63, 3.8) is 0 Å². The zero-order valence-electron chi connectivity index (χ0n) is 21.2. The molecule has 1 heterocycles. The standard InChI is InChI=1S/C28H20Br2ClFN2O6S/c1-2-39-27(37)19-12-18(7-8-22(19)31)33-24(35)13-34-26(36)23(41-28(34)38)11-16-9-20(29)25(21(30)10-16)40-14-15-3-5-17(32)6-4-15/h3-12H,2,13-14H2,1H3,(H,33,35)/b23-11+. The summed E-state index contributed by atoms with van der Waals surface area (Å²) in [6.45, 7) is 1.49. The number of nitrogens with zero attached hydrogens (tertiary/aromatic N) is 1. The zero-order chi connectivity index (χ0) is 29.7. The van der Waals surface area contributed by atoms with Crippen LogP contribution in [0.2, 0.25) is 5.02 Å². The van der Waals surface area contributed by atoms with Crippen molar-refractivity contribution in [2.75, 3.05) is 18.5 Å². The van der Waals surface area contributed by atoms with Gasteiger partial charge in [0.2, 0.25) is 5.91 Å². The Morgan fingerprint density at radius 3 is 2.41 bits per heavy atom. The van der Waals surface area contributed by atoms with Crippen molar-refractivity contribution in [1.82, 2.24) is 4.90 Å². The minimum Gasteiger partial charge on any atom is -0.487 e. The van der Waals surface area contributed by atoms with Crippen LogP contribution in [0.4, 0.5) is 14.9 Å². The topological polar surface area (TPSA) is 102 Å². The van der Waals surface area contributed by atoms with Crippen LogP contribution in [0.1, 0.15) is 28.4 Å². The fraction of sp³-hybridized carbons (Fsp3) is 0.143. The molecule has 0 aromatic heterocycles. The van der Waals surface area contributed by atoms with Gasteiger partial charge in [-0.2, -0.15) is 0 Å². The number of benzene rings is 3. The van der Waals surface area contributed by atoms with E-state index >= 15 is 0 Å². The summed E-state index contributed by atoms with van der Waals surface area (Å²) in [5, 5.41) is 2.12. The van der Waals surface area contributed by atoms with Crippen molar-refractivity contribution in [3.05, 3.63) is 96.0 Å². The van der Waals surface area contributed by atoms with E-state index in [0.29, 0.717) is 32.0 Å². The van der Waals surface area contributed by atoms with Crippen LogP contribution in [0.15, 0.2) is 68.4 Å². The molecule has 1 saturated heterocycles. The number of carbonyl (C=O) groups is 4. The third-order valence-corrected chi connectivity index (χ3v) is 7.95. The number of ether oxygens (including phenoxy) is 2. The number of halogens is 4. The molecule has 212 valence electrons. The Hall–Kier alpha value is -3.19. The highest BCUT2D eigenvalue weighted by molar-refractivity contribution is 9.11. The summed E-state index contributed by atoms with van der Waals surface area (Å²) >= 11 is 13.7. The van der Waals surface area contributed by atoms with Crippen LogP contribution in [0.5, 0.6) is 5.75 Å². The van der Waals surface area contributed by atoms with Crippen LogP contribution in [0.3, 0.4) is 0 Å². The molecule has 1 aliphatic rings. The molecule has 41 heavy (non-hydrogen) atoms. The van der Waals surface area contributed by atoms with Crippen molar-refractivity contribution >= 4 is 90.0 Å². The van der Waals surface area contributed by atoms with Gasteiger partial charge in [-0.15, -0.1) is 0 Å². The second-order valence-corrected chi connectivity index (χ2v) is 11.6. The molecule has 4 rings (SSSR count). The first kappa shape index (κ1) is 30.8. The maximum absolute atomic E-state index is 13.1. The zero-order valence-corrected chi connectivity index (χ0v) is 26.0. The molecule has 1 N–H and O–H groups in total. The average molecular weight is 727 g/mol. The number of imide groups is 1. The maximum atomic E-state index is 13.1. The number of nitrogens with one attached hydrogen (secondary N) is 1. The Morgan fingerprint density at radius 1 is 1.07 bits per heavy atom. The van der Waals surface area contributed by atoms with Gasteiger partial charge in [-0.05, 0) is 110 Å². The van der Waals surface area contributed by atoms with Gasteiger partial charge in [-0.25, -0.2) is 9.18 Å². The fourth-order valence-electron chi connectivity index (χ4n) is 3.64. The molecule has 13 heteroatoms. The lowest BCUT2D eigenvalue weighted by Gasteiger charge is -2.13. The predicted octanol–water partition coefficient (Wildman–Crippen LogP) is 7.43. The number of carbonyl (C=O) groups excluding carboxylic acids is 4. The number of hydrogen-bond donors (Lipinski definition) is 1. The molecule has 0 spiro atoms. The highest BCUT2D eigenvalue weighted by Crippen LogP contribution is 2.38. The Kier molecular flexibility index (Phi) is 10.2. The van der Waals surface area contributed by atoms with E-state index < -0.39 is 29.6 Å². The molecule has 0 radical (unpaired) electrons. The number of rotatable bonds is 9. The molecule has 3 aromatic carbocycles. The van der Waals surface area contributed by atoms with Crippen molar-refractivity contribution in [2.24, 2.45) is 0 Å². The number of amides is 3. The summed E-state index contributed by atoms with van der Waals surface area (Å²) in [6, 6.07) is 13.6. The molecule has 8 nitrogen and oxygen atoms in total. The minimum atomic E-state index is -0.643. The summed E-state index contributed by atoms with van der Waals surface area (Å²) in [6.07, 6.45) is 1.53. The highest BCUT2D eigenvalue weighted by atomic mass is 79.9. The summed E-state index contributed by atoms with van der Waals surface area (Å²) in [7, 11) is 0. The Bertz CT molecular complexity index is 1540. The lowest BCUT2D eigenvalue weighted by Crippen LogP contribution is -2.36. The summed E-state index contributed by atoms with van der Waals surface area (Å²) in [4.78, 5) is 51.2. The van der Waals surface area contributed by atoms with Gasteiger partial charge in [0.25, 0.3) is 11.1 Å². The minimum absolute atomic E-state index is 0.0737. The van der Waals surface area contributed by atoms with Gasteiger partial charge in [-0.1, -0.05) is 23.7 Å². The van der Waals surface area contributed by atoms with Gasteiger partial charge in [0.05, 0.1) is 31.0 Å². The second-order valence-electron chi connectivity index (χ2n) is 8.46. The van der Waals surface area contributed by atoms with Gasteiger partial charge in [0, 0.05) is 5.69 Å². The van der Waals surface area contributed by atoms with Crippen LogP contribution < -0.4 is 10.1 Å². The van der Waals surface area contributed by atoms with E-state index in [2.05, 4.69) is 37.2 Å². The third-order valence-electron chi connectivity index (χ3n) is 5.54. The molecule has 0 saturated carbocycles. The number of thioether (sulfide) groups is 1. The maximum Gasteiger partial charge on any atom is 0.339 e. The van der Waals surface area contributed by atoms with Gasteiger partial charge in [0.1, 0.15) is 24.7 Å². The molecule has 0 atom stereocenters. The highest BCUT2D eigenvalue weighted by Gasteiger charge is 2.36. The molecule has 3 amide bonds. The lowest BCUT2D eigenvalue weighted by molar-refractivity contribution is -0.127. The molecule has 1 aliphatic heterocycles. The summed E-state index contributed by atoms with van der Waals surface area (Å²) < 4.78 is 25.1. The first-order chi connectivity index (χ1) is 19.5. The Morgan fingerprint density at radius 2 is 1.76 bits per heavy atom. The predicted molar refractivity (Wildman–Crippen MR) is 161 cm³/mol. The van der Waals surface area contributed by atoms with E-state index in [1.54, 1.807) is 31.2 Å². The van der Waals surface area contributed by atoms with Crippen LogP contribution >= 0.6 is 55.2 Å². The molecular weight excluding hydrogens is 707 g/mol. The fourth-order valence-corrected chi connectivity index (χ4v) is 6.12. The molecule has 3 aromatic rings. The average Bonchev–Trinajstić information content (AvgIpc) is 3.17. The van der Waals surface area contributed by atoms with Crippen molar-refractivity contribution < 1.29 is 33.0 Å². The van der Waals surface area contributed by atoms with Crippen LogP contribution in [-0.2, 0) is 20.9 Å². The van der Waals surface area contributed by atoms with E-state index in [1.807, 2.05) is 0 Å². The number of esters is 1. The first-order valence-electron chi connectivity index (χ1n) is 11.9. The van der Waals surface area contributed by atoms with Crippen LogP contribution in [-0.4, -0.2) is 41.1 Å². The third kappa shape index (κ3) is 7.76. The number of hydrogen-bond acceptors (Lipinski definition) is 7.